The molecule has 174 valence electrons. The molecule has 0 bridgehead atoms. The average molecular weight is 470 g/mol. The molecule has 1 fully saturated rings. The highest BCUT2D eigenvalue weighted by molar-refractivity contribution is 7.89. The van der Waals surface area contributed by atoms with Crippen molar-refractivity contribution in [3.05, 3.63) is 65.7 Å². The second kappa shape index (κ2) is 9.60. The van der Waals surface area contributed by atoms with Gasteiger partial charge in [-0.15, -0.1) is 0 Å². The third-order valence-corrected chi connectivity index (χ3v) is 7.61. The number of likely N-dealkylation sites (N-methyl/N-ethyl adjacent to an activating group) is 1. The summed E-state index contributed by atoms with van der Waals surface area (Å²) in [6.07, 6.45) is -4.47. The van der Waals surface area contributed by atoms with Gasteiger partial charge in [0.2, 0.25) is 15.9 Å². The molecule has 10 heteroatoms. The molecule has 6 nitrogen and oxygen atoms in total. The average Bonchev–Trinajstić information content (AvgIpc) is 2.78. The molecule has 1 aliphatic rings. The zero-order chi connectivity index (χ0) is 23.5. The largest absolute Gasteiger partial charge is 0.416 e. The van der Waals surface area contributed by atoms with Crippen LogP contribution in [0.3, 0.4) is 0 Å². The fourth-order valence-corrected chi connectivity index (χ4v) is 5.13. The number of sulfonamides is 1. The molecule has 1 heterocycles. The van der Waals surface area contributed by atoms with E-state index >= 15 is 0 Å². The summed E-state index contributed by atoms with van der Waals surface area (Å²) < 4.78 is 66.6. The van der Waals surface area contributed by atoms with Crippen molar-refractivity contribution in [3.8, 4) is 0 Å². The lowest BCUT2D eigenvalue weighted by Crippen LogP contribution is -2.54. The number of hydrogen-bond acceptors (Lipinski definition) is 4. The molecule has 1 saturated heterocycles. The number of nitrogens with zero attached hydrogens (tertiary/aromatic N) is 3. The third-order valence-electron chi connectivity index (χ3n) is 5.69. The molecule has 1 aliphatic heterocycles. The smallest absolute Gasteiger partial charge is 0.339 e. The Bertz CT molecular complexity index is 1040. The van der Waals surface area contributed by atoms with Gasteiger partial charge in [-0.25, -0.2) is 8.42 Å². The Morgan fingerprint density at radius 3 is 2.16 bits per heavy atom. The van der Waals surface area contributed by atoms with Crippen molar-refractivity contribution in [1.82, 2.24) is 14.1 Å². The van der Waals surface area contributed by atoms with Crippen LogP contribution in [0.15, 0.2) is 59.5 Å². The fourth-order valence-electron chi connectivity index (χ4n) is 3.68. The minimum atomic E-state index is -4.47. The Morgan fingerprint density at radius 2 is 1.56 bits per heavy atom. The molecular weight excluding hydrogens is 443 g/mol. The molecule has 3 rings (SSSR count). The lowest BCUT2D eigenvalue weighted by atomic mass is 10.1. The maximum absolute atomic E-state index is 13.3. The Hall–Kier alpha value is -2.43. The Kier molecular flexibility index (Phi) is 7.26. The highest BCUT2D eigenvalue weighted by Gasteiger charge is 2.35. The number of carbonyl (C=O) groups excluding carboxylic acids is 1. The molecular formula is C22H26F3N3O3S. The van der Waals surface area contributed by atoms with Crippen LogP contribution in [0.2, 0.25) is 0 Å². The van der Waals surface area contributed by atoms with Gasteiger partial charge in [-0.2, -0.15) is 17.5 Å². The van der Waals surface area contributed by atoms with E-state index in [1.165, 1.54) is 34.6 Å². The Balaban J connectivity index is 1.62. The zero-order valence-corrected chi connectivity index (χ0v) is 18.7. The van der Waals surface area contributed by atoms with Crippen molar-refractivity contribution in [2.24, 2.45) is 0 Å². The molecule has 0 N–H and O–H groups in total. The second-order valence-corrected chi connectivity index (χ2v) is 9.73. The van der Waals surface area contributed by atoms with Crippen molar-refractivity contribution in [2.45, 2.75) is 30.6 Å². The summed E-state index contributed by atoms with van der Waals surface area (Å²) in [6, 6.07) is 12.8. The van der Waals surface area contributed by atoms with Crippen molar-refractivity contribution in [3.63, 3.8) is 0 Å². The summed E-state index contributed by atoms with van der Waals surface area (Å²) in [5.41, 5.74) is -0.618. The maximum atomic E-state index is 13.3. The highest BCUT2D eigenvalue weighted by Crippen LogP contribution is 2.32. The minimum Gasteiger partial charge on any atom is -0.339 e. The molecule has 0 unspecified atom stereocenters. The molecule has 2 aromatic rings. The van der Waals surface area contributed by atoms with Crippen LogP contribution in [0.4, 0.5) is 13.2 Å². The van der Waals surface area contributed by atoms with Gasteiger partial charge in [0.1, 0.15) is 0 Å². The quantitative estimate of drug-likeness (QED) is 0.653. The van der Waals surface area contributed by atoms with Crippen molar-refractivity contribution in [2.75, 3.05) is 33.2 Å². The Labute approximate surface area is 186 Å². The molecule has 32 heavy (non-hydrogen) atoms. The Morgan fingerprint density at radius 1 is 1.00 bits per heavy atom. The van der Waals surface area contributed by atoms with Gasteiger partial charge in [0.25, 0.3) is 0 Å². The molecule has 2 aromatic carbocycles. The molecule has 0 aliphatic carbocycles. The number of rotatable bonds is 6. The van der Waals surface area contributed by atoms with Crippen LogP contribution in [0, 0.1) is 0 Å². The first kappa shape index (κ1) is 24.2. The number of halogens is 3. The van der Waals surface area contributed by atoms with Crippen LogP contribution in [0.1, 0.15) is 18.1 Å². The predicted octanol–water partition coefficient (Wildman–Crippen LogP) is 3.06. The van der Waals surface area contributed by atoms with Crippen LogP contribution in [-0.4, -0.2) is 67.7 Å². The normalized spacial score (nSPS) is 16.9. The summed E-state index contributed by atoms with van der Waals surface area (Å²) in [4.78, 5) is 16.3. The van der Waals surface area contributed by atoms with E-state index in [1.807, 2.05) is 0 Å². The van der Waals surface area contributed by atoms with Crippen LogP contribution < -0.4 is 0 Å². The number of amides is 1. The monoisotopic (exact) mass is 469 g/mol. The minimum absolute atomic E-state index is 0.0368. The van der Waals surface area contributed by atoms with Crippen LogP contribution in [0.25, 0.3) is 0 Å². The molecule has 1 amide bonds. The van der Waals surface area contributed by atoms with Gasteiger partial charge in [0.15, 0.2) is 0 Å². The summed E-state index contributed by atoms with van der Waals surface area (Å²) in [5.74, 6) is -0.242. The first-order chi connectivity index (χ1) is 15.0. The topological polar surface area (TPSA) is 60.9 Å². The van der Waals surface area contributed by atoms with Crippen LogP contribution >= 0.6 is 0 Å². The van der Waals surface area contributed by atoms with E-state index in [0.29, 0.717) is 0 Å². The first-order valence-electron chi connectivity index (χ1n) is 10.2. The van der Waals surface area contributed by atoms with Crippen molar-refractivity contribution < 1.29 is 26.4 Å². The molecule has 0 spiro atoms. The van der Waals surface area contributed by atoms with E-state index in [-0.39, 0.29) is 49.1 Å². The third kappa shape index (κ3) is 5.31. The number of benzene rings is 2. The van der Waals surface area contributed by atoms with E-state index in [1.54, 1.807) is 42.0 Å². The summed E-state index contributed by atoms with van der Waals surface area (Å²) in [7, 11) is -2.03. The van der Waals surface area contributed by atoms with Gasteiger partial charge in [0.05, 0.1) is 16.5 Å². The number of hydrogen-bond donors (Lipinski definition) is 0. The standard InChI is InChI=1S/C22H26F3N3O3S/c1-17(26(2)16-18-8-6-7-11-20(18)22(23,24)25)21(29)27-12-14-28(15-13-27)32(30,31)19-9-4-3-5-10-19/h3-11,17H,12-16H2,1-2H3/t17-/m0/s1. The zero-order valence-electron chi connectivity index (χ0n) is 17.9. The van der Waals surface area contributed by atoms with Crippen LogP contribution in [-0.2, 0) is 27.5 Å². The van der Waals surface area contributed by atoms with Crippen molar-refractivity contribution in [1.29, 1.82) is 0 Å². The second-order valence-electron chi connectivity index (χ2n) is 7.79. The van der Waals surface area contributed by atoms with E-state index in [4.69, 9.17) is 0 Å². The summed E-state index contributed by atoms with van der Waals surface area (Å²) in [5, 5.41) is 0. The number of carbonyl (C=O) groups is 1. The summed E-state index contributed by atoms with van der Waals surface area (Å²) >= 11 is 0. The van der Waals surface area contributed by atoms with E-state index in [9.17, 15) is 26.4 Å². The SMILES string of the molecule is C[C@@H](C(=O)N1CCN(S(=O)(=O)c2ccccc2)CC1)N(C)Cc1ccccc1C(F)(F)F. The van der Waals surface area contributed by atoms with Gasteiger partial charge in [-0.05, 0) is 37.7 Å². The fraction of sp³-hybridized carbons (Fsp3) is 0.409. The first-order valence-corrected chi connectivity index (χ1v) is 11.6. The number of piperazine rings is 1. The molecule has 1 atom stereocenters. The van der Waals surface area contributed by atoms with Crippen LogP contribution in [0.5, 0.6) is 0 Å². The van der Waals surface area contributed by atoms with Gasteiger partial charge >= 0.3 is 6.18 Å². The van der Waals surface area contributed by atoms with E-state index in [0.717, 1.165) is 6.07 Å². The lowest BCUT2D eigenvalue weighted by Gasteiger charge is -2.37. The van der Waals surface area contributed by atoms with Gasteiger partial charge in [-0.1, -0.05) is 36.4 Å². The number of alkyl halides is 3. The van der Waals surface area contributed by atoms with Gasteiger partial charge in [-0.3, -0.25) is 9.69 Å². The predicted molar refractivity (Wildman–Crippen MR) is 114 cm³/mol. The summed E-state index contributed by atoms with van der Waals surface area (Å²) in [6.45, 7) is 2.38. The van der Waals surface area contributed by atoms with E-state index < -0.39 is 27.8 Å². The maximum Gasteiger partial charge on any atom is 0.416 e. The molecule has 0 radical (unpaired) electrons. The van der Waals surface area contributed by atoms with Gasteiger partial charge < -0.3 is 4.90 Å². The highest BCUT2D eigenvalue weighted by atomic mass is 32.2. The lowest BCUT2D eigenvalue weighted by molar-refractivity contribution is -0.138. The van der Waals surface area contributed by atoms with Gasteiger partial charge in [0, 0.05) is 32.7 Å². The van der Waals surface area contributed by atoms with Crippen molar-refractivity contribution >= 4 is 15.9 Å². The van der Waals surface area contributed by atoms with E-state index in [2.05, 4.69) is 0 Å². The molecule has 0 aromatic heterocycles. The molecule has 0 saturated carbocycles.